The first kappa shape index (κ1) is 24.0. The fourth-order valence-corrected chi connectivity index (χ4v) is 5.16. The van der Waals surface area contributed by atoms with Crippen molar-refractivity contribution in [2.45, 2.75) is 19.3 Å². The van der Waals surface area contributed by atoms with Crippen molar-refractivity contribution in [1.29, 1.82) is 0 Å². The number of pyridine rings is 1. The summed E-state index contributed by atoms with van der Waals surface area (Å²) in [5.74, 6) is 0.411. The molecular weight excluding hydrogens is 627 g/mol. The Bertz CT molecular complexity index is 1650. The number of hydrogen-bond acceptors (Lipinski definition) is 4. The number of rotatable bonds is 3. The molecule has 0 amide bonds. The number of benzene rings is 4. The Morgan fingerprint density at radius 2 is 1.47 bits per heavy atom. The second kappa shape index (κ2) is 9.04. The molecule has 1 aliphatic rings. The van der Waals surface area contributed by atoms with E-state index in [2.05, 4.69) is 43.1 Å². The van der Waals surface area contributed by atoms with Gasteiger partial charge in [0.05, 0.1) is 23.3 Å². The van der Waals surface area contributed by atoms with Crippen LogP contribution in [-0.4, -0.2) is 21.4 Å². The van der Waals surface area contributed by atoms with E-state index < -0.39 is 0 Å². The number of aliphatic imine (C=N–C) groups is 1. The van der Waals surface area contributed by atoms with Crippen LogP contribution in [0, 0.1) is 0 Å². The normalized spacial score (nSPS) is 13.4. The number of hydrogen-bond donors (Lipinski definition) is 2. The van der Waals surface area contributed by atoms with E-state index in [4.69, 9.17) is 4.98 Å². The van der Waals surface area contributed by atoms with Crippen LogP contribution in [0.5, 0.6) is 11.5 Å². The molecule has 4 nitrogen and oxygen atoms in total. The van der Waals surface area contributed by atoms with E-state index >= 15 is 0 Å². The molecule has 0 saturated carbocycles. The van der Waals surface area contributed by atoms with Crippen LogP contribution in [0.3, 0.4) is 0 Å². The number of aromatic hydroxyl groups is 2. The van der Waals surface area contributed by atoms with Crippen molar-refractivity contribution in [1.82, 2.24) is 4.98 Å². The first-order valence-electron chi connectivity index (χ1n) is 11.6. The Hall–Kier alpha value is -3.75. The minimum Gasteiger partial charge on any atom is -0.507 e. The van der Waals surface area contributed by atoms with E-state index in [9.17, 15) is 10.2 Å². The maximum atomic E-state index is 11.0. The molecule has 0 saturated heterocycles. The van der Waals surface area contributed by atoms with Gasteiger partial charge in [0.1, 0.15) is 11.5 Å². The SMILES string of the molecule is CC1(C)c2ccccc2-c2cc(-c3cccc(C=Nc4cccc5cccc(O)c45)n3)c(O)cc21.[Pt]. The summed E-state index contributed by atoms with van der Waals surface area (Å²) < 4.78 is 0. The van der Waals surface area contributed by atoms with Crippen LogP contribution in [0.1, 0.15) is 30.7 Å². The van der Waals surface area contributed by atoms with Crippen LogP contribution in [0.25, 0.3) is 33.2 Å². The Kier molecular flexibility index (Phi) is 6.02. The molecule has 1 aliphatic carbocycles. The topological polar surface area (TPSA) is 65.7 Å². The van der Waals surface area contributed by atoms with Crippen molar-refractivity contribution >= 4 is 22.7 Å². The summed E-state index contributed by atoms with van der Waals surface area (Å²) in [6.07, 6.45) is 1.69. The standard InChI is InChI=1S/C31H24N2O2.Pt/c1-31(2)24-12-4-3-11-21(24)22-16-23(29(35)17-25(22)31)26-13-7-10-20(33-26)18-32-27-14-5-8-19-9-6-15-28(34)30(19)27;/h3-18,34-35H,1-2H3;. The molecule has 0 radical (unpaired) electrons. The molecule has 0 unspecified atom stereocenters. The minimum absolute atomic E-state index is 0. The first-order valence-corrected chi connectivity index (χ1v) is 11.6. The molecule has 0 bridgehead atoms. The average Bonchev–Trinajstić information content (AvgIpc) is 3.09. The van der Waals surface area contributed by atoms with Crippen LogP contribution >= 0.6 is 0 Å². The van der Waals surface area contributed by atoms with Crippen molar-refractivity contribution in [2.75, 3.05) is 0 Å². The number of phenols is 2. The van der Waals surface area contributed by atoms with E-state index in [0.717, 1.165) is 16.5 Å². The van der Waals surface area contributed by atoms with Gasteiger partial charge in [-0.15, -0.1) is 0 Å². The third-order valence-electron chi connectivity index (χ3n) is 6.94. The van der Waals surface area contributed by atoms with Gasteiger partial charge in [0.25, 0.3) is 0 Å². The van der Waals surface area contributed by atoms with Crippen LogP contribution in [0.2, 0.25) is 0 Å². The van der Waals surface area contributed by atoms with Crippen LogP contribution in [-0.2, 0) is 26.5 Å². The van der Waals surface area contributed by atoms with Crippen molar-refractivity contribution in [3.8, 4) is 33.9 Å². The van der Waals surface area contributed by atoms with Gasteiger partial charge in [-0.05, 0) is 64.0 Å². The predicted molar refractivity (Wildman–Crippen MR) is 142 cm³/mol. The van der Waals surface area contributed by atoms with Crippen molar-refractivity contribution < 1.29 is 31.3 Å². The fraction of sp³-hybridized carbons (Fsp3) is 0.0968. The zero-order valence-electron chi connectivity index (χ0n) is 19.8. The van der Waals surface area contributed by atoms with Crippen molar-refractivity contribution in [3.63, 3.8) is 0 Å². The van der Waals surface area contributed by atoms with Gasteiger partial charge in [0.2, 0.25) is 0 Å². The second-order valence-electron chi connectivity index (χ2n) is 9.44. The second-order valence-corrected chi connectivity index (χ2v) is 9.44. The van der Waals surface area contributed by atoms with E-state index in [1.54, 1.807) is 12.3 Å². The molecule has 0 fully saturated rings. The van der Waals surface area contributed by atoms with Gasteiger partial charge in [-0.25, -0.2) is 4.98 Å². The molecule has 0 aliphatic heterocycles. The summed E-state index contributed by atoms with van der Waals surface area (Å²) in [6, 6.07) is 29.2. The van der Waals surface area contributed by atoms with Gasteiger partial charge in [-0.1, -0.05) is 68.4 Å². The van der Waals surface area contributed by atoms with E-state index in [0.29, 0.717) is 28.0 Å². The molecule has 0 atom stereocenters. The van der Waals surface area contributed by atoms with E-state index in [-0.39, 0.29) is 38.0 Å². The number of nitrogens with zero attached hydrogens (tertiary/aromatic N) is 2. The Morgan fingerprint density at radius 1 is 0.722 bits per heavy atom. The molecule has 1 heterocycles. The van der Waals surface area contributed by atoms with Gasteiger partial charge in [-0.2, -0.15) is 0 Å². The zero-order chi connectivity index (χ0) is 24.2. The Labute approximate surface area is 224 Å². The van der Waals surface area contributed by atoms with Gasteiger partial charge in [0.15, 0.2) is 0 Å². The smallest absolute Gasteiger partial charge is 0.125 e. The Morgan fingerprint density at radius 3 is 2.31 bits per heavy atom. The van der Waals surface area contributed by atoms with Crippen LogP contribution in [0.15, 0.2) is 96.0 Å². The summed E-state index contributed by atoms with van der Waals surface area (Å²) >= 11 is 0. The van der Waals surface area contributed by atoms with E-state index in [1.807, 2.05) is 60.7 Å². The minimum atomic E-state index is -0.173. The fourth-order valence-electron chi connectivity index (χ4n) is 5.16. The molecule has 1 aromatic heterocycles. The third kappa shape index (κ3) is 3.83. The zero-order valence-corrected chi connectivity index (χ0v) is 22.1. The Balaban J connectivity index is 0.00000267. The molecule has 36 heavy (non-hydrogen) atoms. The molecule has 2 N–H and O–H groups in total. The quantitative estimate of drug-likeness (QED) is 0.200. The number of phenolic OH excluding ortho intramolecular Hbond substituents is 2. The molecule has 5 heteroatoms. The largest absolute Gasteiger partial charge is 0.507 e. The summed E-state index contributed by atoms with van der Waals surface area (Å²) in [4.78, 5) is 9.39. The summed E-state index contributed by atoms with van der Waals surface area (Å²) in [5.41, 5.74) is 7.24. The van der Waals surface area contributed by atoms with Gasteiger partial charge >= 0.3 is 0 Å². The molecule has 0 spiro atoms. The van der Waals surface area contributed by atoms with Gasteiger partial charge in [0, 0.05) is 37.4 Å². The van der Waals surface area contributed by atoms with E-state index in [1.165, 1.54) is 11.1 Å². The molecule has 4 aromatic carbocycles. The van der Waals surface area contributed by atoms with Crippen LogP contribution in [0.4, 0.5) is 5.69 Å². The average molecular weight is 652 g/mol. The first-order chi connectivity index (χ1) is 16.9. The third-order valence-corrected chi connectivity index (χ3v) is 6.94. The summed E-state index contributed by atoms with van der Waals surface area (Å²) in [6.45, 7) is 4.38. The molecular formula is C31H24N2O2Pt. The molecule has 5 aromatic rings. The number of aromatic nitrogens is 1. The van der Waals surface area contributed by atoms with Crippen molar-refractivity contribution in [3.05, 3.63) is 108 Å². The molecule has 180 valence electrons. The predicted octanol–water partition coefficient (Wildman–Crippen LogP) is 7.37. The summed E-state index contributed by atoms with van der Waals surface area (Å²) in [7, 11) is 0. The number of fused-ring (bicyclic) bond motifs is 4. The van der Waals surface area contributed by atoms with Crippen LogP contribution < -0.4 is 0 Å². The molecule has 6 rings (SSSR count). The van der Waals surface area contributed by atoms with Crippen molar-refractivity contribution in [2.24, 2.45) is 4.99 Å². The van der Waals surface area contributed by atoms with Gasteiger partial charge < -0.3 is 10.2 Å². The maximum Gasteiger partial charge on any atom is 0.125 e. The maximum absolute atomic E-state index is 11.0. The monoisotopic (exact) mass is 651 g/mol. The summed E-state index contributed by atoms with van der Waals surface area (Å²) in [5, 5.41) is 23.0. The van der Waals surface area contributed by atoms with Gasteiger partial charge in [-0.3, -0.25) is 4.99 Å².